The quantitative estimate of drug-likeness (QED) is 0.705. The fourth-order valence-corrected chi connectivity index (χ4v) is 1.52. The van der Waals surface area contributed by atoms with E-state index in [9.17, 15) is 0 Å². The van der Waals surface area contributed by atoms with E-state index in [0.29, 0.717) is 5.56 Å². The summed E-state index contributed by atoms with van der Waals surface area (Å²) in [5, 5.41) is 8.62. The fraction of sp³-hybridized carbons (Fsp3) is 0.222. The molecule has 0 bridgehead atoms. The molecule has 0 unspecified atom stereocenters. The molecule has 3 heteroatoms. The smallest absolute Gasteiger partial charge is 0.0991 e. The van der Waals surface area contributed by atoms with E-state index in [4.69, 9.17) is 11.0 Å². The first-order chi connectivity index (χ1) is 5.77. The van der Waals surface area contributed by atoms with Crippen molar-refractivity contribution in [1.29, 1.82) is 5.26 Å². The summed E-state index contributed by atoms with van der Waals surface area (Å²) >= 11 is 1.70. The summed E-state index contributed by atoms with van der Waals surface area (Å²) in [6.45, 7) is 0. The average Bonchev–Trinajstić information content (AvgIpc) is 2.09. The van der Waals surface area contributed by atoms with Crippen LogP contribution in [0.15, 0.2) is 18.2 Å². The molecule has 0 spiro atoms. The lowest BCUT2D eigenvalue weighted by atomic mass is 10.1. The third-order valence-corrected chi connectivity index (χ3v) is 2.17. The first-order valence-electron chi connectivity index (χ1n) is 3.55. The van der Waals surface area contributed by atoms with Crippen LogP contribution in [0.3, 0.4) is 0 Å². The maximum absolute atomic E-state index is 8.62. The number of benzene rings is 1. The molecular formula is C9H10N2S. The SMILES string of the molecule is CSCc1cc(C#N)ccc1N. The van der Waals surface area contributed by atoms with Crippen molar-refractivity contribution in [3.05, 3.63) is 29.3 Å². The van der Waals surface area contributed by atoms with Crippen LogP contribution in [0.4, 0.5) is 5.69 Å². The number of nitrogens with zero attached hydrogens (tertiary/aromatic N) is 1. The molecule has 0 radical (unpaired) electrons. The first-order valence-corrected chi connectivity index (χ1v) is 4.94. The maximum atomic E-state index is 8.62. The van der Waals surface area contributed by atoms with E-state index < -0.39 is 0 Å². The fourth-order valence-electron chi connectivity index (χ4n) is 0.956. The Balaban J connectivity index is 3.01. The van der Waals surface area contributed by atoms with E-state index >= 15 is 0 Å². The largest absolute Gasteiger partial charge is 0.398 e. The van der Waals surface area contributed by atoms with Crippen LogP contribution < -0.4 is 5.73 Å². The number of thioether (sulfide) groups is 1. The molecule has 0 atom stereocenters. The summed E-state index contributed by atoms with van der Waals surface area (Å²) in [4.78, 5) is 0. The second-order valence-electron chi connectivity index (χ2n) is 2.46. The van der Waals surface area contributed by atoms with Crippen molar-refractivity contribution in [2.75, 3.05) is 12.0 Å². The number of hydrogen-bond acceptors (Lipinski definition) is 3. The molecule has 62 valence electrons. The first kappa shape index (κ1) is 8.95. The van der Waals surface area contributed by atoms with Crippen LogP contribution >= 0.6 is 11.8 Å². The second kappa shape index (κ2) is 4.03. The Morgan fingerprint density at radius 2 is 2.33 bits per heavy atom. The molecule has 0 amide bonds. The van der Waals surface area contributed by atoms with E-state index in [0.717, 1.165) is 17.0 Å². The van der Waals surface area contributed by atoms with Gasteiger partial charge >= 0.3 is 0 Å². The number of nitriles is 1. The van der Waals surface area contributed by atoms with Gasteiger partial charge in [0.15, 0.2) is 0 Å². The molecule has 1 rings (SSSR count). The van der Waals surface area contributed by atoms with Crippen molar-refractivity contribution in [3.63, 3.8) is 0 Å². The summed E-state index contributed by atoms with van der Waals surface area (Å²) in [6.07, 6.45) is 2.01. The number of anilines is 1. The molecule has 1 aromatic rings. The van der Waals surface area contributed by atoms with Gasteiger partial charge < -0.3 is 5.73 Å². The molecular weight excluding hydrogens is 168 g/mol. The molecule has 0 fully saturated rings. The minimum atomic E-state index is 0.674. The van der Waals surface area contributed by atoms with Gasteiger partial charge in [0.2, 0.25) is 0 Å². The Bertz CT molecular complexity index is 315. The molecule has 0 aliphatic heterocycles. The minimum absolute atomic E-state index is 0.674. The van der Waals surface area contributed by atoms with E-state index in [1.165, 1.54) is 0 Å². The van der Waals surface area contributed by atoms with E-state index in [1.54, 1.807) is 23.9 Å². The van der Waals surface area contributed by atoms with Gasteiger partial charge in [-0.2, -0.15) is 17.0 Å². The number of rotatable bonds is 2. The average molecular weight is 178 g/mol. The topological polar surface area (TPSA) is 49.8 Å². The molecule has 0 saturated carbocycles. The molecule has 0 heterocycles. The number of nitrogens with two attached hydrogens (primary N) is 1. The summed E-state index contributed by atoms with van der Waals surface area (Å²) in [6, 6.07) is 7.44. The van der Waals surface area contributed by atoms with Crippen LogP contribution in [0.1, 0.15) is 11.1 Å². The van der Waals surface area contributed by atoms with E-state index in [1.807, 2.05) is 12.3 Å². The van der Waals surface area contributed by atoms with Crippen molar-refractivity contribution in [3.8, 4) is 6.07 Å². The lowest BCUT2D eigenvalue weighted by Gasteiger charge is -2.02. The van der Waals surface area contributed by atoms with Gasteiger partial charge in [-0.25, -0.2) is 0 Å². The Kier molecular flexibility index (Phi) is 3.01. The molecule has 0 aromatic heterocycles. The van der Waals surface area contributed by atoms with Crippen molar-refractivity contribution in [2.45, 2.75) is 5.75 Å². The highest BCUT2D eigenvalue weighted by molar-refractivity contribution is 7.97. The van der Waals surface area contributed by atoms with Crippen LogP contribution in [0.5, 0.6) is 0 Å². The lowest BCUT2D eigenvalue weighted by molar-refractivity contribution is 1.39. The Morgan fingerprint density at radius 3 is 2.92 bits per heavy atom. The zero-order valence-electron chi connectivity index (χ0n) is 6.87. The third kappa shape index (κ3) is 1.93. The van der Waals surface area contributed by atoms with Gasteiger partial charge in [0.1, 0.15) is 0 Å². The minimum Gasteiger partial charge on any atom is -0.398 e. The highest BCUT2D eigenvalue weighted by Gasteiger charge is 1.99. The summed E-state index contributed by atoms with van der Waals surface area (Å²) in [5.74, 6) is 0.862. The molecule has 2 N–H and O–H groups in total. The molecule has 0 aliphatic carbocycles. The van der Waals surface area contributed by atoms with Gasteiger partial charge in [-0.1, -0.05) is 0 Å². The van der Waals surface area contributed by atoms with Gasteiger partial charge in [-0.15, -0.1) is 0 Å². The lowest BCUT2D eigenvalue weighted by Crippen LogP contribution is -1.92. The standard InChI is InChI=1S/C9H10N2S/c1-12-6-8-4-7(5-10)2-3-9(8)11/h2-4H,6,11H2,1H3. The van der Waals surface area contributed by atoms with Gasteiger partial charge in [-0.05, 0) is 30.0 Å². The zero-order valence-corrected chi connectivity index (χ0v) is 7.69. The summed E-state index contributed by atoms with van der Waals surface area (Å²) in [5.41, 5.74) is 8.19. The zero-order chi connectivity index (χ0) is 8.97. The maximum Gasteiger partial charge on any atom is 0.0991 e. The van der Waals surface area contributed by atoms with E-state index in [2.05, 4.69) is 6.07 Å². The third-order valence-electron chi connectivity index (χ3n) is 1.57. The normalized spacial score (nSPS) is 9.33. The number of nitrogen functional groups attached to an aromatic ring is 1. The molecule has 1 aromatic carbocycles. The molecule has 12 heavy (non-hydrogen) atoms. The second-order valence-corrected chi connectivity index (χ2v) is 3.32. The highest BCUT2D eigenvalue weighted by Crippen LogP contribution is 2.18. The Hall–Kier alpha value is -1.14. The van der Waals surface area contributed by atoms with Crippen molar-refractivity contribution >= 4 is 17.4 Å². The number of hydrogen-bond donors (Lipinski definition) is 1. The van der Waals surface area contributed by atoms with Crippen LogP contribution in [-0.2, 0) is 5.75 Å². The summed E-state index contributed by atoms with van der Waals surface area (Å²) < 4.78 is 0. The predicted molar refractivity (Wildman–Crippen MR) is 52.8 cm³/mol. The summed E-state index contributed by atoms with van der Waals surface area (Å²) in [7, 11) is 0. The van der Waals surface area contributed by atoms with Gasteiger partial charge in [0.05, 0.1) is 11.6 Å². The van der Waals surface area contributed by atoms with Crippen molar-refractivity contribution in [2.24, 2.45) is 0 Å². The predicted octanol–water partition coefficient (Wildman–Crippen LogP) is 2.00. The van der Waals surface area contributed by atoms with Crippen LogP contribution in [-0.4, -0.2) is 6.26 Å². The van der Waals surface area contributed by atoms with Crippen LogP contribution in [0.2, 0.25) is 0 Å². The van der Waals surface area contributed by atoms with Gasteiger partial charge in [0, 0.05) is 11.4 Å². The Labute approximate surface area is 76.4 Å². The van der Waals surface area contributed by atoms with Crippen molar-refractivity contribution in [1.82, 2.24) is 0 Å². The monoisotopic (exact) mass is 178 g/mol. The molecule has 0 saturated heterocycles. The van der Waals surface area contributed by atoms with Crippen LogP contribution in [0, 0.1) is 11.3 Å². The van der Waals surface area contributed by atoms with Crippen LogP contribution in [0.25, 0.3) is 0 Å². The van der Waals surface area contributed by atoms with E-state index in [-0.39, 0.29) is 0 Å². The molecule has 2 nitrogen and oxygen atoms in total. The highest BCUT2D eigenvalue weighted by atomic mass is 32.2. The Morgan fingerprint density at radius 1 is 1.58 bits per heavy atom. The van der Waals surface area contributed by atoms with Crippen molar-refractivity contribution < 1.29 is 0 Å². The van der Waals surface area contributed by atoms with Gasteiger partial charge in [0.25, 0.3) is 0 Å². The molecule has 0 aliphatic rings. The van der Waals surface area contributed by atoms with Gasteiger partial charge in [-0.3, -0.25) is 0 Å².